The van der Waals surface area contributed by atoms with Crippen molar-refractivity contribution in [1.82, 2.24) is 14.8 Å². The van der Waals surface area contributed by atoms with Crippen LogP contribution in [-0.4, -0.2) is 41.9 Å². The summed E-state index contributed by atoms with van der Waals surface area (Å²) in [4.78, 5) is 13.8. The number of hydrogen-bond acceptors (Lipinski definition) is 7. The van der Waals surface area contributed by atoms with Crippen molar-refractivity contribution in [2.24, 2.45) is 0 Å². The van der Waals surface area contributed by atoms with Gasteiger partial charge in [-0.25, -0.2) is 0 Å². The summed E-state index contributed by atoms with van der Waals surface area (Å²) in [6.45, 7) is 0. The van der Waals surface area contributed by atoms with Gasteiger partial charge in [0.2, 0.25) is 0 Å². The van der Waals surface area contributed by atoms with Crippen molar-refractivity contribution in [3.8, 4) is 22.9 Å². The van der Waals surface area contributed by atoms with Crippen LogP contribution in [0.2, 0.25) is 0 Å². The van der Waals surface area contributed by atoms with E-state index >= 15 is 0 Å². The van der Waals surface area contributed by atoms with Crippen molar-refractivity contribution in [2.45, 2.75) is 29.2 Å². The number of nitrogens with zero attached hydrogens (tertiary/aromatic N) is 3. The highest BCUT2D eigenvalue weighted by Gasteiger charge is 2.33. The van der Waals surface area contributed by atoms with Crippen LogP contribution in [0, 0.1) is 0 Å². The van der Waals surface area contributed by atoms with Gasteiger partial charge in [0, 0.05) is 17.2 Å². The van der Waals surface area contributed by atoms with Gasteiger partial charge in [0.05, 0.1) is 21.3 Å². The number of benzene rings is 3. The zero-order valence-corrected chi connectivity index (χ0v) is 21.2. The fourth-order valence-electron chi connectivity index (χ4n) is 4.00. The lowest BCUT2D eigenvalue weighted by atomic mass is 10.0. The average Bonchev–Trinajstić information content (AvgIpc) is 3.71. The SMILES string of the molecule is COc1ccc(C(=O)C(Sc2nnc(C3CC3)n2-c2ccc(OC)cc2)c2ccc(OC)cc2)cc1. The van der Waals surface area contributed by atoms with Crippen LogP contribution in [0.1, 0.15) is 45.8 Å². The van der Waals surface area contributed by atoms with Crippen molar-refractivity contribution in [2.75, 3.05) is 21.3 Å². The van der Waals surface area contributed by atoms with Crippen LogP contribution >= 0.6 is 11.8 Å². The van der Waals surface area contributed by atoms with Gasteiger partial charge in [-0.15, -0.1) is 10.2 Å². The van der Waals surface area contributed by atoms with Crippen LogP contribution in [0.3, 0.4) is 0 Å². The second kappa shape index (κ2) is 10.5. The van der Waals surface area contributed by atoms with E-state index < -0.39 is 5.25 Å². The molecule has 1 aromatic heterocycles. The van der Waals surface area contributed by atoms with Crippen molar-refractivity contribution < 1.29 is 19.0 Å². The van der Waals surface area contributed by atoms with Crippen LogP contribution < -0.4 is 14.2 Å². The van der Waals surface area contributed by atoms with Gasteiger partial charge in [-0.1, -0.05) is 23.9 Å². The van der Waals surface area contributed by atoms with Crippen LogP contribution in [0.15, 0.2) is 78.0 Å². The second-order valence-corrected chi connectivity index (χ2v) is 9.58. The number of hydrogen-bond donors (Lipinski definition) is 0. The molecule has 4 aromatic rings. The van der Waals surface area contributed by atoms with Gasteiger partial charge < -0.3 is 14.2 Å². The third-order valence-corrected chi connectivity index (χ3v) is 7.38. The summed E-state index contributed by atoms with van der Waals surface area (Å²) >= 11 is 1.40. The number of rotatable bonds is 10. The molecule has 3 aromatic carbocycles. The first-order valence-corrected chi connectivity index (χ1v) is 12.6. The smallest absolute Gasteiger partial charge is 0.196 e. The van der Waals surface area contributed by atoms with E-state index in [-0.39, 0.29) is 5.78 Å². The molecule has 1 atom stereocenters. The molecular formula is C28H27N3O4S. The van der Waals surface area contributed by atoms with Gasteiger partial charge in [0.15, 0.2) is 10.9 Å². The van der Waals surface area contributed by atoms with Gasteiger partial charge in [-0.2, -0.15) is 0 Å². The molecule has 0 N–H and O–H groups in total. The molecule has 0 radical (unpaired) electrons. The van der Waals surface area contributed by atoms with Crippen molar-refractivity contribution in [1.29, 1.82) is 0 Å². The Hall–Kier alpha value is -3.78. The molecule has 1 heterocycles. The maximum atomic E-state index is 13.8. The first kappa shape index (κ1) is 23.9. The third kappa shape index (κ3) is 4.95. The molecule has 184 valence electrons. The monoisotopic (exact) mass is 501 g/mol. The highest BCUT2D eigenvalue weighted by molar-refractivity contribution is 8.00. The average molecular weight is 502 g/mol. The second-order valence-electron chi connectivity index (χ2n) is 8.51. The summed E-state index contributed by atoms with van der Waals surface area (Å²) in [5.74, 6) is 3.49. The molecule has 1 fully saturated rings. The van der Waals surface area contributed by atoms with Gasteiger partial charge in [0.1, 0.15) is 28.3 Å². The predicted molar refractivity (Wildman–Crippen MR) is 139 cm³/mol. The number of thioether (sulfide) groups is 1. The third-order valence-electron chi connectivity index (χ3n) is 6.19. The lowest BCUT2D eigenvalue weighted by Gasteiger charge is -2.18. The summed E-state index contributed by atoms with van der Waals surface area (Å²) in [5.41, 5.74) is 2.40. The number of ketones is 1. The molecule has 0 aliphatic heterocycles. The number of carbonyl (C=O) groups is 1. The molecule has 1 aliphatic carbocycles. The molecule has 36 heavy (non-hydrogen) atoms. The van der Waals surface area contributed by atoms with E-state index in [1.165, 1.54) is 11.8 Å². The zero-order valence-electron chi connectivity index (χ0n) is 20.4. The Labute approximate surface area is 214 Å². The first-order chi connectivity index (χ1) is 17.6. The van der Waals surface area contributed by atoms with E-state index in [0.717, 1.165) is 41.4 Å². The Morgan fingerprint density at radius 1 is 0.806 bits per heavy atom. The molecule has 0 saturated heterocycles. The Bertz CT molecular complexity index is 1330. The normalized spacial score (nSPS) is 13.8. The number of carbonyl (C=O) groups excluding carboxylic acids is 1. The van der Waals surface area contributed by atoms with E-state index in [9.17, 15) is 4.79 Å². The van der Waals surface area contributed by atoms with E-state index in [4.69, 9.17) is 14.2 Å². The quantitative estimate of drug-likeness (QED) is 0.198. The lowest BCUT2D eigenvalue weighted by molar-refractivity contribution is 0.0989. The summed E-state index contributed by atoms with van der Waals surface area (Å²) in [6.07, 6.45) is 2.18. The Kier molecular flexibility index (Phi) is 6.95. The van der Waals surface area contributed by atoms with E-state index in [1.54, 1.807) is 45.6 Å². The van der Waals surface area contributed by atoms with Crippen LogP contribution in [0.5, 0.6) is 17.2 Å². The van der Waals surface area contributed by atoms with Crippen molar-refractivity contribution in [3.05, 3.63) is 89.7 Å². The van der Waals surface area contributed by atoms with Gasteiger partial charge >= 0.3 is 0 Å². The molecule has 1 saturated carbocycles. The molecule has 0 bridgehead atoms. The van der Waals surface area contributed by atoms with Gasteiger partial charge in [0.25, 0.3) is 0 Å². The summed E-state index contributed by atoms with van der Waals surface area (Å²) < 4.78 is 18.0. The number of ether oxygens (including phenoxy) is 3. The van der Waals surface area contributed by atoms with Crippen LogP contribution in [0.4, 0.5) is 0 Å². The summed E-state index contributed by atoms with van der Waals surface area (Å²) in [6, 6.07) is 22.6. The van der Waals surface area contributed by atoms with E-state index in [0.29, 0.717) is 22.4 Å². The molecule has 1 aliphatic rings. The molecule has 1 unspecified atom stereocenters. The summed E-state index contributed by atoms with van der Waals surface area (Å²) in [7, 11) is 4.88. The molecule has 0 amide bonds. The minimum Gasteiger partial charge on any atom is -0.497 e. The first-order valence-electron chi connectivity index (χ1n) is 11.7. The molecular weight excluding hydrogens is 474 g/mol. The largest absolute Gasteiger partial charge is 0.497 e. The number of Topliss-reactive ketones (excluding diaryl/α,β-unsaturated/α-hetero) is 1. The lowest BCUT2D eigenvalue weighted by Crippen LogP contribution is -2.12. The van der Waals surface area contributed by atoms with Crippen molar-refractivity contribution >= 4 is 17.5 Å². The highest BCUT2D eigenvalue weighted by atomic mass is 32.2. The Balaban J connectivity index is 1.55. The number of aromatic nitrogens is 3. The number of methoxy groups -OCH3 is 3. The van der Waals surface area contributed by atoms with E-state index in [1.807, 2.05) is 48.5 Å². The zero-order chi connectivity index (χ0) is 25.1. The molecule has 5 rings (SSSR count). The molecule has 8 heteroatoms. The highest BCUT2D eigenvalue weighted by Crippen LogP contribution is 2.44. The topological polar surface area (TPSA) is 75.5 Å². The maximum absolute atomic E-state index is 13.8. The predicted octanol–water partition coefficient (Wildman–Crippen LogP) is 5.89. The fraction of sp³-hybridized carbons (Fsp3) is 0.250. The minimum absolute atomic E-state index is 0.0231. The summed E-state index contributed by atoms with van der Waals surface area (Å²) in [5, 5.41) is 9.23. The maximum Gasteiger partial charge on any atom is 0.196 e. The molecule has 7 nitrogen and oxygen atoms in total. The van der Waals surface area contributed by atoms with Gasteiger partial charge in [-0.05, 0) is 79.1 Å². The van der Waals surface area contributed by atoms with Crippen LogP contribution in [-0.2, 0) is 0 Å². The Morgan fingerprint density at radius 3 is 1.86 bits per heavy atom. The van der Waals surface area contributed by atoms with Crippen molar-refractivity contribution in [3.63, 3.8) is 0 Å². The van der Waals surface area contributed by atoms with Crippen LogP contribution in [0.25, 0.3) is 5.69 Å². The fourth-order valence-corrected chi connectivity index (χ4v) is 5.14. The molecule has 0 spiro atoms. The Morgan fingerprint density at radius 2 is 1.33 bits per heavy atom. The van der Waals surface area contributed by atoms with Gasteiger partial charge in [-0.3, -0.25) is 9.36 Å². The van der Waals surface area contributed by atoms with E-state index in [2.05, 4.69) is 14.8 Å². The minimum atomic E-state index is -0.530. The standard InChI is InChI=1S/C28H27N3O4S/c1-33-22-12-6-18(7-13-22)25(32)26(19-8-14-23(34-2)15-9-19)36-28-30-29-27(20-4-5-20)31(28)21-10-16-24(35-3)17-11-21/h6-17,20,26H,4-5H2,1-3H3.